The Morgan fingerprint density at radius 3 is 2.56 bits per heavy atom. The van der Waals surface area contributed by atoms with E-state index >= 15 is 0 Å². The van der Waals surface area contributed by atoms with Crippen molar-refractivity contribution in [1.29, 1.82) is 0 Å². The molecule has 0 bridgehead atoms. The van der Waals surface area contributed by atoms with Crippen molar-refractivity contribution < 1.29 is 23.5 Å². The molecule has 1 heterocycles. The summed E-state index contributed by atoms with van der Waals surface area (Å²) in [4.78, 5) is 32.2. The molecule has 0 aliphatic heterocycles. The lowest BCUT2D eigenvalue weighted by Gasteiger charge is -1.96. The van der Waals surface area contributed by atoms with E-state index in [9.17, 15) is 18.8 Å². The van der Waals surface area contributed by atoms with Gasteiger partial charge in [0.15, 0.2) is 17.9 Å². The third kappa shape index (κ3) is 1.93. The zero-order valence-corrected chi connectivity index (χ0v) is 9.31. The topological polar surface area (TPSA) is 60.4 Å². The Labute approximate surface area is 94.3 Å². The fraction of sp³-hybridized carbons (Fsp3) is 0.200. The molecule has 84 valence electrons. The van der Waals surface area contributed by atoms with Gasteiger partial charge in [-0.1, -0.05) is 0 Å². The van der Waals surface area contributed by atoms with Gasteiger partial charge in [0.1, 0.15) is 16.4 Å². The molecule has 0 fully saturated rings. The van der Waals surface area contributed by atoms with Crippen LogP contribution in [0, 0.1) is 12.7 Å². The summed E-state index contributed by atoms with van der Waals surface area (Å²) in [6.07, 6.45) is 0.0519. The Balaban J connectivity index is 3.30. The molecule has 0 aliphatic carbocycles. The highest BCUT2D eigenvalue weighted by atomic mass is 32.1. The molecular weight excluding hydrogens is 235 g/mol. The molecular formula is C10H7FO4S. The van der Waals surface area contributed by atoms with Crippen LogP contribution in [-0.2, 0) is 9.59 Å². The summed E-state index contributed by atoms with van der Waals surface area (Å²) in [6.45, 7) is 1.56. The molecule has 0 saturated heterocycles. The molecule has 16 heavy (non-hydrogen) atoms. The highest BCUT2D eigenvalue weighted by molar-refractivity contribution is 7.14. The minimum absolute atomic E-state index is 0.0514. The van der Waals surface area contributed by atoms with Crippen LogP contribution in [0.4, 0.5) is 4.39 Å². The molecule has 1 aromatic rings. The molecule has 6 heteroatoms. The number of aldehydes is 1. The summed E-state index contributed by atoms with van der Waals surface area (Å²) in [6, 6.07) is 0. The van der Waals surface area contributed by atoms with E-state index in [1.807, 2.05) is 0 Å². The summed E-state index contributed by atoms with van der Waals surface area (Å²) in [5.74, 6) is -0.709. The van der Waals surface area contributed by atoms with Crippen LogP contribution in [0.5, 0.6) is 5.75 Å². The standard InChI is InChI=1S/C10H7FO4S/c1-5-9(15-2)7(11)10(16-5)8(14)6(3-12)4-13/h3H,1-2H3. The molecule has 0 radical (unpaired) electrons. The third-order valence-corrected chi connectivity index (χ3v) is 2.92. The Bertz CT molecular complexity index is 497. The minimum Gasteiger partial charge on any atom is -0.492 e. The number of hydrogen-bond donors (Lipinski definition) is 0. The second-order valence-electron chi connectivity index (χ2n) is 2.80. The van der Waals surface area contributed by atoms with Gasteiger partial charge in [0.2, 0.25) is 5.78 Å². The van der Waals surface area contributed by atoms with Crippen molar-refractivity contribution in [2.75, 3.05) is 7.11 Å². The number of ketones is 1. The second-order valence-corrected chi connectivity index (χ2v) is 4.02. The monoisotopic (exact) mass is 242 g/mol. The molecule has 0 aliphatic rings. The maximum absolute atomic E-state index is 13.6. The maximum atomic E-state index is 13.6. The van der Waals surface area contributed by atoms with Crippen LogP contribution in [-0.4, -0.2) is 25.1 Å². The zero-order chi connectivity index (χ0) is 12.3. The summed E-state index contributed by atoms with van der Waals surface area (Å²) in [5, 5.41) is 0. The molecule has 0 unspecified atom stereocenters. The quantitative estimate of drug-likeness (QED) is 0.200. The summed E-state index contributed by atoms with van der Waals surface area (Å²) >= 11 is 0.825. The first-order valence-electron chi connectivity index (χ1n) is 4.14. The van der Waals surface area contributed by atoms with Gasteiger partial charge in [-0.2, -0.15) is 0 Å². The molecule has 0 amide bonds. The van der Waals surface area contributed by atoms with Gasteiger partial charge in [-0.25, -0.2) is 9.18 Å². The first-order chi connectivity index (χ1) is 7.56. The number of thiophene rings is 1. The van der Waals surface area contributed by atoms with E-state index in [0.29, 0.717) is 4.88 Å². The van der Waals surface area contributed by atoms with Crippen LogP contribution in [0.3, 0.4) is 0 Å². The van der Waals surface area contributed by atoms with Crippen molar-refractivity contribution in [3.05, 3.63) is 21.1 Å². The average molecular weight is 242 g/mol. The molecule has 4 nitrogen and oxygen atoms in total. The van der Waals surface area contributed by atoms with Crippen LogP contribution >= 0.6 is 11.3 Å². The Hall–Kier alpha value is -1.78. The smallest absolute Gasteiger partial charge is 0.220 e. The van der Waals surface area contributed by atoms with Gasteiger partial charge in [-0.3, -0.25) is 9.59 Å². The number of carbonyl (C=O) groups excluding carboxylic acids is 3. The van der Waals surface area contributed by atoms with Crippen molar-refractivity contribution in [2.24, 2.45) is 0 Å². The maximum Gasteiger partial charge on any atom is 0.220 e. The fourth-order valence-corrected chi connectivity index (χ4v) is 2.08. The molecule has 0 saturated carbocycles. The third-order valence-electron chi connectivity index (χ3n) is 1.86. The summed E-state index contributed by atoms with van der Waals surface area (Å²) in [5.41, 5.74) is -0.734. The second kappa shape index (κ2) is 4.83. The van der Waals surface area contributed by atoms with E-state index in [4.69, 9.17) is 4.74 Å². The van der Waals surface area contributed by atoms with Crippen molar-refractivity contribution in [2.45, 2.75) is 6.92 Å². The fourth-order valence-electron chi connectivity index (χ4n) is 1.13. The van der Waals surface area contributed by atoms with Gasteiger partial charge in [-0.05, 0) is 6.92 Å². The van der Waals surface area contributed by atoms with E-state index < -0.39 is 17.2 Å². The van der Waals surface area contributed by atoms with Gasteiger partial charge < -0.3 is 4.74 Å². The minimum atomic E-state index is -0.973. The lowest BCUT2D eigenvalue weighted by Crippen LogP contribution is -2.05. The summed E-state index contributed by atoms with van der Waals surface area (Å²) in [7, 11) is 1.27. The van der Waals surface area contributed by atoms with Crippen molar-refractivity contribution >= 4 is 29.3 Å². The van der Waals surface area contributed by atoms with Gasteiger partial charge in [0.25, 0.3) is 0 Å². The Morgan fingerprint density at radius 2 is 2.19 bits per heavy atom. The predicted octanol–water partition coefficient (Wildman–Crippen LogP) is 1.34. The van der Waals surface area contributed by atoms with Crippen LogP contribution in [0.1, 0.15) is 14.5 Å². The molecule has 0 atom stereocenters. The first-order valence-corrected chi connectivity index (χ1v) is 4.96. The number of allylic oxidation sites excluding steroid dienone is 1. The van der Waals surface area contributed by atoms with Gasteiger partial charge in [-0.15, -0.1) is 11.3 Å². The highest BCUT2D eigenvalue weighted by Crippen LogP contribution is 2.33. The largest absolute Gasteiger partial charge is 0.492 e. The summed E-state index contributed by atoms with van der Waals surface area (Å²) < 4.78 is 18.3. The van der Waals surface area contributed by atoms with E-state index in [2.05, 4.69) is 0 Å². The number of carbonyl (C=O) groups is 2. The van der Waals surface area contributed by atoms with Gasteiger partial charge >= 0.3 is 0 Å². The van der Waals surface area contributed by atoms with Crippen LogP contribution in [0.15, 0.2) is 5.57 Å². The molecule has 0 spiro atoms. The first kappa shape index (κ1) is 12.3. The number of aryl methyl sites for hydroxylation is 1. The van der Waals surface area contributed by atoms with Crippen LogP contribution in [0.2, 0.25) is 0 Å². The lowest BCUT2D eigenvalue weighted by molar-refractivity contribution is -0.104. The molecule has 0 aromatic carbocycles. The van der Waals surface area contributed by atoms with Crippen LogP contribution in [0.25, 0.3) is 0 Å². The van der Waals surface area contributed by atoms with E-state index in [1.165, 1.54) is 13.1 Å². The number of rotatable bonds is 4. The number of halogens is 1. The number of Topliss-reactive ketones (excluding diaryl/α,β-unsaturated/α-hetero) is 1. The van der Waals surface area contributed by atoms with Crippen molar-refractivity contribution in [1.82, 2.24) is 0 Å². The van der Waals surface area contributed by atoms with Gasteiger partial charge in [0, 0.05) is 4.88 Å². The number of ether oxygens (including phenoxy) is 1. The normalized spacial score (nSPS) is 9.44. The molecule has 0 N–H and O–H groups in total. The number of hydrogen-bond acceptors (Lipinski definition) is 5. The van der Waals surface area contributed by atoms with Gasteiger partial charge in [0.05, 0.1) is 7.11 Å². The van der Waals surface area contributed by atoms with E-state index in [1.54, 1.807) is 6.92 Å². The lowest BCUT2D eigenvalue weighted by atomic mass is 10.2. The zero-order valence-electron chi connectivity index (χ0n) is 8.50. The van der Waals surface area contributed by atoms with Crippen molar-refractivity contribution in [3.8, 4) is 5.75 Å². The molecule has 1 rings (SSSR count). The Kier molecular flexibility index (Phi) is 3.71. The average Bonchev–Trinajstić information content (AvgIpc) is 2.55. The van der Waals surface area contributed by atoms with Crippen molar-refractivity contribution in [3.63, 3.8) is 0 Å². The number of methoxy groups -OCH3 is 1. The SMILES string of the molecule is COc1c(C)sc(C(=O)C(=C=O)C=O)c1F. The van der Waals surface area contributed by atoms with E-state index in [0.717, 1.165) is 11.3 Å². The molecule has 1 aromatic heterocycles. The Morgan fingerprint density at radius 1 is 1.56 bits per heavy atom. The predicted molar refractivity (Wildman–Crippen MR) is 55.2 cm³/mol. The van der Waals surface area contributed by atoms with E-state index in [-0.39, 0.29) is 16.9 Å². The highest BCUT2D eigenvalue weighted by Gasteiger charge is 2.24. The van der Waals surface area contributed by atoms with Crippen LogP contribution < -0.4 is 4.74 Å².